The number of nitrogens with zero attached hydrogens (tertiary/aromatic N) is 1. The molecule has 112 valence electrons. The van der Waals surface area contributed by atoms with E-state index in [4.69, 9.17) is 4.11 Å². The SMILES string of the molecule is [2H]C([2H])([2H])c1cc(-c2ccccc2C)[n+](C)cc1C(C)(CC)CC. The molecule has 1 aromatic heterocycles. The first kappa shape index (κ1) is 12.0. The molecule has 0 amide bonds. The van der Waals surface area contributed by atoms with Gasteiger partial charge in [-0.25, -0.2) is 4.57 Å². The maximum atomic E-state index is 8.05. The second-order valence-electron chi connectivity index (χ2n) is 6.18. The van der Waals surface area contributed by atoms with E-state index in [1.807, 2.05) is 37.5 Å². The van der Waals surface area contributed by atoms with Crippen molar-refractivity contribution in [3.63, 3.8) is 0 Å². The summed E-state index contributed by atoms with van der Waals surface area (Å²) in [4.78, 5) is 0. The molecule has 0 fully saturated rings. The third kappa shape index (κ3) is 2.88. The Bertz CT molecular complexity index is 728. The minimum Gasteiger partial charge on any atom is -0.201 e. The number of rotatable bonds is 4. The Labute approximate surface area is 133 Å². The van der Waals surface area contributed by atoms with Crippen LogP contribution in [-0.2, 0) is 12.5 Å². The minimum atomic E-state index is -2.12. The van der Waals surface area contributed by atoms with Crippen LogP contribution in [0.3, 0.4) is 0 Å². The van der Waals surface area contributed by atoms with Gasteiger partial charge in [0.1, 0.15) is 7.05 Å². The van der Waals surface area contributed by atoms with Gasteiger partial charge in [0.25, 0.3) is 0 Å². The molecule has 0 bridgehead atoms. The number of pyridine rings is 1. The summed E-state index contributed by atoms with van der Waals surface area (Å²) in [5.41, 5.74) is 4.44. The minimum absolute atomic E-state index is 0.133. The van der Waals surface area contributed by atoms with E-state index in [0.29, 0.717) is 5.56 Å². The molecule has 1 nitrogen and oxygen atoms in total. The fourth-order valence-corrected chi connectivity index (χ4v) is 2.89. The first-order valence-electron chi connectivity index (χ1n) is 9.24. The van der Waals surface area contributed by atoms with Gasteiger partial charge >= 0.3 is 0 Å². The molecule has 0 N–H and O–H groups in total. The quantitative estimate of drug-likeness (QED) is 0.705. The lowest BCUT2D eigenvalue weighted by Crippen LogP contribution is -2.35. The van der Waals surface area contributed by atoms with Gasteiger partial charge in [0.15, 0.2) is 6.20 Å². The highest BCUT2D eigenvalue weighted by molar-refractivity contribution is 5.61. The van der Waals surface area contributed by atoms with E-state index < -0.39 is 6.85 Å². The normalized spacial score (nSPS) is 14.4. The summed E-state index contributed by atoms with van der Waals surface area (Å²) in [7, 11) is 2.00. The van der Waals surface area contributed by atoms with Gasteiger partial charge in [-0.05, 0) is 49.2 Å². The Morgan fingerprint density at radius 1 is 1.14 bits per heavy atom. The van der Waals surface area contributed by atoms with Crippen LogP contribution < -0.4 is 4.57 Å². The standard InChI is InChI=1S/C20H28N/c1-7-20(5,8-2)18-14-21(6)19(13-16(18)4)17-12-10-9-11-15(17)3/h9-14H,7-8H2,1-6H3/q+1/i4D3. The molecule has 0 radical (unpaired) electrons. The van der Waals surface area contributed by atoms with Crippen molar-refractivity contribution >= 4 is 0 Å². The van der Waals surface area contributed by atoms with E-state index in [9.17, 15) is 0 Å². The van der Waals surface area contributed by atoms with Gasteiger partial charge in [0, 0.05) is 21.3 Å². The first-order chi connectivity index (χ1) is 11.1. The van der Waals surface area contributed by atoms with Gasteiger partial charge in [-0.3, -0.25) is 0 Å². The molecule has 1 aromatic carbocycles. The highest BCUT2D eigenvalue weighted by Crippen LogP contribution is 2.33. The summed E-state index contributed by atoms with van der Waals surface area (Å²) < 4.78 is 26.2. The van der Waals surface area contributed by atoms with Gasteiger partial charge < -0.3 is 0 Å². The molecule has 2 rings (SSSR count). The molecule has 0 saturated heterocycles. The van der Waals surface area contributed by atoms with Crippen molar-refractivity contribution < 1.29 is 8.68 Å². The molecule has 0 aliphatic rings. The molecule has 2 aromatic rings. The van der Waals surface area contributed by atoms with Gasteiger partial charge in [-0.2, -0.15) is 0 Å². The highest BCUT2D eigenvalue weighted by atomic mass is 14.9. The van der Waals surface area contributed by atoms with Crippen LogP contribution in [0.1, 0.15) is 54.4 Å². The summed E-state index contributed by atoms with van der Waals surface area (Å²) >= 11 is 0. The van der Waals surface area contributed by atoms with Crippen LogP contribution in [-0.4, -0.2) is 0 Å². The predicted molar refractivity (Wildman–Crippen MR) is 90.5 cm³/mol. The second-order valence-corrected chi connectivity index (χ2v) is 6.18. The zero-order valence-electron chi connectivity index (χ0n) is 16.8. The summed E-state index contributed by atoms with van der Waals surface area (Å²) in [6.45, 7) is 6.35. The molecule has 1 heterocycles. The fraction of sp³-hybridized carbons (Fsp3) is 0.450. The maximum Gasteiger partial charge on any atom is 0.212 e. The molecule has 0 aliphatic carbocycles. The Balaban J connectivity index is 2.79. The predicted octanol–water partition coefficient (Wildman–Crippen LogP) is 4.87. The van der Waals surface area contributed by atoms with Crippen LogP contribution >= 0.6 is 0 Å². The van der Waals surface area contributed by atoms with Crippen LogP contribution in [0.25, 0.3) is 11.3 Å². The Morgan fingerprint density at radius 3 is 2.38 bits per heavy atom. The van der Waals surface area contributed by atoms with Gasteiger partial charge in [-0.1, -0.05) is 39.0 Å². The van der Waals surface area contributed by atoms with E-state index in [0.717, 1.165) is 35.2 Å². The Morgan fingerprint density at radius 2 is 1.81 bits per heavy atom. The molecule has 0 unspecified atom stereocenters. The fourth-order valence-electron chi connectivity index (χ4n) is 2.89. The van der Waals surface area contributed by atoms with E-state index >= 15 is 0 Å². The van der Waals surface area contributed by atoms with Gasteiger partial charge in [-0.15, -0.1) is 0 Å². The first-order valence-corrected chi connectivity index (χ1v) is 7.74. The smallest absolute Gasteiger partial charge is 0.201 e. The van der Waals surface area contributed by atoms with Crippen molar-refractivity contribution in [2.45, 2.75) is 52.8 Å². The molecule has 21 heavy (non-hydrogen) atoms. The molecule has 0 spiro atoms. The van der Waals surface area contributed by atoms with Crippen molar-refractivity contribution in [1.82, 2.24) is 0 Å². The summed E-state index contributed by atoms with van der Waals surface area (Å²) in [5.74, 6) is 0. The van der Waals surface area contributed by atoms with Crippen molar-refractivity contribution in [2.24, 2.45) is 7.05 Å². The highest BCUT2D eigenvalue weighted by Gasteiger charge is 2.28. The molecule has 0 saturated carbocycles. The Kier molecular flexibility index (Phi) is 3.42. The number of hydrogen-bond acceptors (Lipinski definition) is 0. The summed E-state index contributed by atoms with van der Waals surface area (Å²) in [6, 6.07) is 9.97. The van der Waals surface area contributed by atoms with Crippen LogP contribution in [0.2, 0.25) is 0 Å². The van der Waals surface area contributed by atoms with Crippen LogP contribution in [0, 0.1) is 13.8 Å². The number of aryl methyl sites for hydroxylation is 3. The molecule has 1 heteroatoms. The van der Waals surface area contributed by atoms with Crippen molar-refractivity contribution in [1.29, 1.82) is 0 Å². The average molecular weight is 285 g/mol. The lowest BCUT2D eigenvalue weighted by atomic mass is 9.76. The summed E-state index contributed by atoms with van der Waals surface area (Å²) in [5, 5.41) is 0. The van der Waals surface area contributed by atoms with E-state index in [1.54, 1.807) is 0 Å². The molecule has 0 aliphatic heterocycles. The lowest BCUT2D eigenvalue weighted by Gasteiger charge is -2.28. The van der Waals surface area contributed by atoms with Gasteiger partial charge in [0.05, 0.1) is 0 Å². The van der Waals surface area contributed by atoms with Crippen LogP contribution in [0.4, 0.5) is 0 Å². The number of aromatic nitrogens is 1. The summed E-state index contributed by atoms with van der Waals surface area (Å²) in [6.07, 6.45) is 3.85. The largest absolute Gasteiger partial charge is 0.212 e. The molecule has 0 atom stereocenters. The van der Waals surface area contributed by atoms with E-state index in [1.165, 1.54) is 0 Å². The zero-order chi connectivity index (χ0) is 18.1. The lowest BCUT2D eigenvalue weighted by molar-refractivity contribution is -0.661. The van der Waals surface area contributed by atoms with Gasteiger partial charge in [0.2, 0.25) is 5.69 Å². The van der Waals surface area contributed by atoms with Crippen molar-refractivity contribution in [3.05, 3.63) is 53.2 Å². The van der Waals surface area contributed by atoms with E-state index in [-0.39, 0.29) is 5.41 Å². The topological polar surface area (TPSA) is 3.88 Å². The van der Waals surface area contributed by atoms with Crippen molar-refractivity contribution in [3.8, 4) is 11.3 Å². The number of hydrogen-bond donors (Lipinski definition) is 0. The van der Waals surface area contributed by atoms with Crippen LogP contribution in [0.15, 0.2) is 36.5 Å². The second kappa shape index (κ2) is 6.01. The number of benzene rings is 1. The zero-order valence-corrected chi connectivity index (χ0v) is 13.8. The third-order valence-corrected chi connectivity index (χ3v) is 4.91. The van der Waals surface area contributed by atoms with E-state index in [2.05, 4.69) is 38.3 Å². The average Bonchev–Trinajstić information content (AvgIpc) is 2.53. The molecular formula is C20H28N+. The van der Waals surface area contributed by atoms with Crippen molar-refractivity contribution in [2.75, 3.05) is 0 Å². The monoisotopic (exact) mass is 285 g/mol. The Hall–Kier alpha value is -1.63. The van der Waals surface area contributed by atoms with Crippen LogP contribution in [0.5, 0.6) is 0 Å². The maximum absolute atomic E-state index is 8.05. The molecular weight excluding hydrogens is 254 g/mol. The third-order valence-electron chi connectivity index (χ3n) is 4.91.